The predicted molar refractivity (Wildman–Crippen MR) is 97.8 cm³/mol. The van der Waals surface area contributed by atoms with Gasteiger partial charge in [-0.3, -0.25) is 0 Å². The maximum atomic E-state index is 11.7. The van der Waals surface area contributed by atoms with Crippen LogP contribution in [-0.2, 0) is 11.3 Å². The molecule has 0 atom stereocenters. The fourth-order valence-corrected chi connectivity index (χ4v) is 2.51. The zero-order valence-electron chi connectivity index (χ0n) is 15.5. The molecule has 7 heteroatoms. The smallest absolute Gasteiger partial charge is 0.341 e. The molecule has 0 spiro atoms. The van der Waals surface area contributed by atoms with E-state index in [-0.39, 0.29) is 0 Å². The van der Waals surface area contributed by atoms with Crippen molar-refractivity contribution in [3.63, 3.8) is 0 Å². The fraction of sp³-hybridized carbons (Fsp3) is 0.316. The molecular weight excluding hydrogens is 338 g/mol. The lowest BCUT2D eigenvalue weighted by Gasteiger charge is -2.15. The monoisotopic (exact) mass is 361 g/mol. The van der Waals surface area contributed by atoms with Crippen LogP contribution in [0.5, 0.6) is 23.0 Å². The third kappa shape index (κ3) is 4.11. The number of methoxy groups -OCH3 is 5. The van der Waals surface area contributed by atoms with Gasteiger partial charge in [0.1, 0.15) is 17.1 Å². The highest BCUT2D eigenvalue weighted by Gasteiger charge is 2.14. The van der Waals surface area contributed by atoms with Crippen molar-refractivity contribution in [2.45, 2.75) is 6.54 Å². The van der Waals surface area contributed by atoms with Gasteiger partial charge in [-0.05, 0) is 18.2 Å². The van der Waals surface area contributed by atoms with Gasteiger partial charge in [0.2, 0.25) is 0 Å². The second-order valence-electron chi connectivity index (χ2n) is 5.28. The highest BCUT2D eigenvalue weighted by Crippen LogP contribution is 2.35. The van der Waals surface area contributed by atoms with Crippen molar-refractivity contribution < 1.29 is 28.5 Å². The molecular formula is C19H23NO6. The summed E-state index contributed by atoms with van der Waals surface area (Å²) < 4.78 is 26.1. The number of carbonyl (C=O) groups is 1. The van der Waals surface area contributed by atoms with Gasteiger partial charge in [-0.15, -0.1) is 0 Å². The summed E-state index contributed by atoms with van der Waals surface area (Å²) in [6.45, 7) is 0.476. The molecule has 2 rings (SSSR count). The van der Waals surface area contributed by atoms with Crippen LogP contribution in [0, 0.1) is 0 Å². The third-order valence-electron chi connectivity index (χ3n) is 3.88. The zero-order valence-corrected chi connectivity index (χ0v) is 15.5. The van der Waals surface area contributed by atoms with Gasteiger partial charge in [-0.25, -0.2) is 4.79 Å². The second kappa shape index (κ2) is 8.84. The largest absolute Gasteiger partial charge is 0.496 e. The van der Waals surface area contributed by atoms with Gasteiger partial charge < -0.3 is 29.0 Å². The van der Waals surface area contributed by atoms with Crippen molar-refractivity contribution in [3.8, 4) is 23.0 Å². The Morgan fingerprint density at radius 3 is 2.00 bits per heavy atom. The number of benzene rings is 2. The van der Waals surface area contributed by atoms with E-state index in [1.54, 1.807) is 45.6 Å². The molecule has 140 valence electrons. The molecule has 0 aromatic heterocycles. The van der Waals surface area contributed by atoms with E-state index >= 15 is 0 Å². The van der Waals surface area contributed by atoms with Gasteiger partial charge in [0.15, 0.2) is 11.5 Å². The van der Waals surface area contributed by atoms with Crippen LogP contribution in [0.2, 0.25) is 0 Å². The number of esters is 1. The quantitative estimate of drug-likeness (QED) is 0.724. The molecule has 0 bridgehead atoms. The van der Waals surface area contributed by atoms with Crippen LogP contribution in [-0.4, -0.2) is 41.5 Å². The second-order valence-corrected chi connectivity index (χ2v) is 5.28. The molecule has 0 radical (unpaired) electrons. The molecule has 0 amide bonds. The van der Waals surface area contributed by atoms with Crippen LogP contribution in [0.3, 0.4) is 0 Å². The molecule has 7 nitrogen and oxygen atoms in total. The van der Waals surface area contributed by atoms with E-state index in [9.17, 15) is 4.79 Å². The summed E-state index contributed by atoms with van der Waals surface area (Å²) in [4.78, 5) is 11.7. The van der Waals surface area contributed by atoms with Crippen molar-refractivity contribution >= 4 is 11.7 Å². The van der Waals surface area contributed by atoms with Crippen LogP contribution in [0.1, 0.15) is 15.9 Å². The van der Waals surface area contributed by atoms with Crippen molar-refractivity contribution in [3.05, 3.63) is 41.5 Å². The van der Waals surface area contributed by atoms with E-state index in [0.29, 0.717) is 35.1 Å². The average molecular weight is 361 g/mol. The minimum absolute atomic E-state index is 0.365. The van der Waals surface area contributed by atoms with Crippen molar-refractivity contribution in [2.75, 3.05) is 40.9 Å². The summed E-state index contributed by atoms with van der Waals surface area (Å²) in [6.07, 6.45) is 0. The highest BCUT2D eigenvalue weighted by atomic mass is 16.5. The van der Waals surface area contributed by atoms with E-state index in [0.717, 1.165) is 11.3 Å². The van der Waals surface area contributed by atoms with E-state index in [2.05, 4.69) is 5.32 Å². The highest BCUT2D eigenvalue weighted by molar-refractivity contribution is 5.93. The Morgan fingerprint density at radius 1 is 0.808 bits per heavy atom. The van der Waals surface area contributed by atoms with Gasteiger partial charge in [0.25, 0.3) is 0 Å². The van der Waals surface area contributed by atoms with Crippen LogP contribution >= 0.6 is 0 Å². The Kier molecular flexibility index (Phi) is 6.54. The first-order chi connectivity index (χ1) is 12.6. The first-order valence-electron chi connectivity index (χ1n) is 7.87. The van der Waals surface area contributed by atoms with Crippen LogP contribution in [0.15, 0.2) is 30.3 Å². The van der Waals surface area contributed by atoms with Crippen LogP contribution in [0.25, 0.3) is 0 Å². The SMILES string of the molecule is COC(=O)c1ccc(NCc2cc(OC)c(OC)cc2OC)cc1OC. The first-order valence-corrected chi connectivity index (χ1v) is 7.87. The van der Waals surface area contributed by atoms with E-state index in [1.807, 2.05) is 6.07 Å². The maximum absolute atomic E-state index is 11.7. The number of hydrogen-bond acceptors (Lipinski definition) is 7. The number of nitrogens with one attached hydrogen (secondary N) is 1. The lowest BCUT2D eigenvalue weighted by atomic mass is 10.1. The fourth-order valence-electron chi connectivity index (χ4n) is 2.51. The van der Waals surface area contributed by atoms with Gasteiger partial charge in [0, 0.05) is 29.9 Å². The Labute approximate surface area is 152 Å². The lowest BCUT2D eigenvalue weighted by molar-refractivity contribution is 0.0597. The van der Waals surface area contributed by atoms with Gasteiger partial charge in [-0.2, -0.15) is 0 Å². The molecule has 0 aliphatic rings. The number of anilines is 1. The summed E-state index contributed by atoms with van der Waals surface area (Å²) in [5, 5.41) is 3.27. The summed E-state index contributed by atoms with van der Waals surface area (Å²) in [5.41, 5.74) is 2.04. The summed E-state index contributed by atoms with van der Waals surface area (Å²) in [5.74, 6) is 1.87. The lowest BCUT2D eigenvalue weighted by Crippen LogP contribution is -2.06. The standard InChI is InChI=1S/C19H23NO6/c1-22-15-10-18(25-4)17(24-3)8-12(15)11-20-13-6-7-14(19(21)26-5)16(9-13)23-2/h6-10,20H,11H2,1-5H3. The van der Waals surface area contributed by atoms with Gasteiger partial charge >= 0.3 is 5.97 Å². The van der Waals surface area contributed by atoms with Crippen LogP contribution < -0.4 is 24.3 Å². The molecule has 26 heavy (non-hydrogen) atoms. The van der Waals surface area contributed by atoms with Gasteiger partial charge in [0.05, 0.1) is 35.5 Å². The zero-order chi connectivity index (χ0) is 19.1. The molecule has 0 saturated carbocycles. The summed E-state index contributed by atoms with van der Waals surface area (Å²) >= 11 is 0. The molecule has 0 aliphatic carbocycles. The van der Waals surface area contributed by atoms with E-state index in [1.165, 1.54) is 14.2 Å². The Balaban J connectivity index is 2.24. The van der Waals surface area contributed by atoms with Crippen molar-refractivity contribution in [1.82, 2.24) is 0 Å². The maximum Gasteiger partial charge on any atom is 0.341 e. The topological polar surface area (TPSA) is 75.3 Å². The van der Waals surface area contributed by atoms with Crippen molar-refractivity contribution in [1.29, 1.82) is 0 Å². The van der Waals surface area contributed by atoms with E-state index < -0.39 is 5.97 Å². The summed E-state index contributed by atoms with van der Waals surface area (Å²) in [7, 11) is 7.58. The molecule has 0 saturated heterocycles. The molecule has 0 unspecified atom stereocenters. The Bertz CT molecular complexity index is 775. The van der Waals surface area contributed by atoms with Gasteiger partial charge in [-0.1, -0.05) is 0 Å². The number of ether oxygens (including phenoxy) is 5. The third-order valence-corrected chi connectivity index (χ3v) is 3.88. The normalized spacial score (nSPS) is 10.0. The minimum atomic E-state index is -0.449. The molecule has 2 aromatic rings. The molecule has 0 aliphatic heterocycles. The molecule has 0 heterocycles. The van der Waals surface area contributed by atoms with E-state index in [4.69, 9.17) is 23.7 Å². The summed E-state index contributed by atoms with van der Waals surface area (Å²) in [6, 6.07) is 8.79. The first kappa shape index (κ1) is 19.2. The number of carbonyl (C=O) groups excluding carboxylic acids is 1. The minimum Gasteiger partial charge on any atom is -0.496 e. The molecule has 2 aromatic carbocycles. The molecule has 1 N–H and O–H groups in total. The molecule has 0 fully saturated rings. The Morgan fingerprint density at radius 2 is 1.42 bits per heavy atom. The van der Waals surface area contributed by atoms with Crippen LogP contribution in [0.4, 0.5) is 5.69 Å². The average Bonchev–Trinajstić information content (AvgIpc) is 2.70. The predicted octanol–water partition coefficient (Wildman–Crippen LogP) is 3.12. The Hall–Kier alpha value is -3.09. The van der Waals surface area contributed by atoms with Crippen molar-refractivity contribution in [2.24, 2.45) is 0 Å². The number of hydrogen-bond donors (Lipinski definition) is 1. The number of rotatable bonds is 8.